The van der Waals surface area contributed by atoms with Crippen LogP contribution in [0, 0.1) is 6.92 Å². The highest BCUT2D eigenvalue weighted by atomic mass is 16.5. The quantitative estimate of drug-likeness (QED) is 0.595. The average Bonchev–Trinajstić information content (AvgIpc) is 2.48. The Balaban J connectivity index is 2.23. The van der Waals surface area contributed by atoms with Crippen molar-refractivity contribution in [1.29, 1.82) is 0 Å². The van der Waals surface area contributed by atoms with Crippen LogP contribution in [0.15, 0.2) is 36.7 Å². The van der Waals surface area contributed by atoms with Gasteiger partial charge in [0.05, 0.1) is 12.2 Å². The minimum absolute atomic E-state index is 0.165. The largest absolute Gasteiger partial charge is 0.490 e. The molecule has 0 radical (unpaired) electrons. The van der Waals surface area contributed by atoms with Crippen molar-refractivity contribution in [3.8, 4) is 5.75 Å². The van der Waals surface area contributed by atoms with Gasteiger partial charge in [-0.15, -0.1) is 0 Å². The highest BCUT2D eigenvalue weighted by molar-refractivity contribution is 6.08. The zero-order valence-electron chi connectivity index (χ0n) is 11.5. The molecule has 0 aliphatic carbocycles. The molecule has 0 saturated carbocycles. The van der Waals surface area contributed by atoms with Crippen molar-refractivity contribution in [2.45, 2.75) is 6.92 Å². The lowest BCUT2D eigenvalue weighted by Crippen LogP contribution is -2.11. The lowest BCUT2D eigenvalue weighted by molar-refractivity contribution is 0.102. The third kappa shape index (κ3) is 3.39. The predicted molar refractivity (Wildman–Crippen MR) is 74.0 cm³/mol. The van der Waals surface area contributed by atoms with E-state index in [1.54, 1.807) is 37.7 Å². The molecule has 20 heavy (non-hydrogen) atoms. The third-order valence-corrected chi connectivity index (χ3v) is 2.66. The molecule has 5 heteroatoms. The maximum Gasteiger partial charge on any atom is 0.233 e. The third-order valence-electron chi connectivity index (χ3n) is 2.66. The van der Waals surface area contributed by atoms with Gasteiger partial charge in [0.25, 0.3) is 0 Å². The highest BCUT2D eigenvalue weighted by Gasteiger charge is 2.16. The fourth-order valence-electron chi connectivity index (χ4n) is 1.65. The van der Waals surface area contributed by atoms with E-state index < -0.39 is 0 Å². The van der Waals surface area contributed by atoms with E-state index in [1.807, 2.05) is 13.0 Å². The van der Waals surface area contributed by atoms with Crippen LogP contribution in [0.2, 0.25) is 0 Å². The molecule has 2 rings (SSSR count). The van der Waals surface area contributed by atoms with E-state index >= 15 is 0 Å². The van der Waals surface area contributed by atoms with Crippen molar-refractivity contribution < 1.29 is 14.3 Å². The zero-order valence-corrected chi connectivity index (χ0v) is 11.5. The maximum atomic E-state index is 12.4. The number of ether oxygens (including phenoxy) is 2. The molecule has 1 heterocycles. The van der Waals surface area contributed by atoms with Crippen LogP contribution in [0.4, 0.5) is 0 Å². The molecule has 0 bridgehead atoms. The van der Waals surface area contributed by atoms with Crippen LogP contribution in [-0.4, -0.2) is 36.1 Å². The monoisotopic (exact) mass is 272 g/mol. The summed E-state index contributed by atoms with van der Waals surface area (Å²) in [6, 6.07) is 7.05. The first-order valence-corrected chi connectivity index (χ1v) is 6.26. The van der Waals surface area contributed by atoms with E-state index in [2.05, 4.69) is 9.97 Å². The van der Waals surface area contributed by atoms with Crippen molar-refractivity contribution in [3.05, 3.63) is 53.6 Å². The first-order valence-electron chi connectivity index (χ1n) is 6.26. The minimum atomic E-state index is -0.252. The summed E-state index contributed by atoms with van der Waals surface area (Å²) in [6.07, 6.45) is 3.24. The van der Waals surface area contributed by atoms with Crippen LogP contribution in [0.1, 0.15) is 21.7 Å². The summed E-state index contributed by atoms with van der Waals surface area (Å²) in [6.45, 7) is 2.72. The van der Waals surface area contributed by atoms with E-state index in [0.717, 1.165) is 5.56 Å². The Morgan fingerprint density at radius 1 is 1.15 bits per heavy atom. The summed E-state index contributed by atoms with van der Waals surface area (Å²) in [4.78, 5) is 20.5. The number of methoxy groups -OCH3 is 1. The number of ketones is 1. The fraction of sp³-hybridized carbons (Fsp3) is 0.267. The summed E-state index contributed by atoms with van der Waals surface area (Å²) >= 11 is 0. The molecule has 0 aliphatic rings. The van der Waals surface area contributed by atoms with Crippen LogP contribution in [-0.2, 0) is 4.74 Å². The van der Waals surface area contributed by atoms with Gasteiger partial charge in [-0.2, -0.15) is 0 Å². The zero-order chi connectivity index (χ0) is 14.4. The molecule has 0 fully saturated rings. The Morgan fingerprint density at radius 3 is 2.55 bits per heavy atom. The second kappa shape index (κ2) is 6.77. The number of hydrogen-bond donors (Lipinski definition) is 0. The standard InChI is InChI=1S/C15H16N2O3/c1-11-9-16-15(17-10-11)14(18)12-5-3-4-6-13(12)20-8-7-19-2/h3-6,9-10H,7-8H2,1-2H3. The first-order chi connectivity index (χ1) is 9.72. The summed E-state index contributed by atoms with van der Waals surface area (Å²) in [5, 5.41) is 0. The Kier molecular flexibility index (Phi) is 4.79. The summed E-state index contributed by atoms with van der Waals surface area (Å²) in [5.74, 6) is 0.426. The van der Waals surface area contributed by atoms with Gasteiger partial charge in [0.15, 0.2) is 0 Å². The SMILES string of the molecule is COCCOc1ccccc1C(=O)c1ncc(C)cn1. The molecule has 0 saturated heterocycles. The smallest absolute Gasteiger partial charge is 0.233 e. The van der Waals surface area contributed by atoms with Crippen molar-refractivity contribution in [1.82, 2.24) is 9.97 Å². The van der Waals surface area contributed by atoms with Crippen LogP contribution < -0.4 is 4.74 Å². The summed E-state index contributed by atoms with van der Waals surface area (Å²) in [5.41, 5.74) is 1.36. The van der Waals surface area contributed by atoms with E-state index in [-0.39, 0.29) is 11.6 Å². The molecule has 0 amide bonds. The van der Waals surface area contributed by atoms with Gasteiger partial charge >= 0.3 is 0 Å². The second-order valence-electron chi connectivity index (χ2n) is 4.25. The van der Waals surface area contributed by atoms with Crippen molar-refractivity contribution in [2.24, 2.45) is 0 Å². The molecule has 0 N–H and O–H groups in total. The van der Waals surface area contributed by atoms with Gasteiger partial charge in [-0.05, 0) is 24.6 Å². The number of aromatic nitrogens is 2. The number of carbonyl (C=O) groups excluding carboxylic acids is 1. The Hall–Kier alpha value is -2.27. The lowest BCUT2D eigenvalue weighted by atomic mass is 10.1. The van der Waals surface area contributed by atoms with Crippen LogP contribution in [0.25, 0.3) is 0 Å². The van der Waals surface area contributed by atoms with Crippen molar-refractivity contribution >= 4 is 5.78 Å². The fourth-order valence-corrected chi connectivity index (χ4v) is 1.65. The van der Waals surface area contributed by atoms with E-state index in [0.29, 0.717) is 24.5 Å². The number of benzene rings is 1. The van der Waals surface area contributed by atoms with Crippen LogP contribution in [0.3, 0.4) is 0 Å². The number of carbonyl (C=O) groups is 1. The van der Waals surface area contributed by atoms with Crippen molar-refractivity contribution in [3.63, 3.8) is 0 Å². The van der Waals surface area contributed by atoms with E-state index in [4.69, 9.17) is 9.47 Å². The lowest BCUT2D eigenvalue weighted by Gasteiger charge is -2.09. The molecular formula is C15H16N2O3. The van der Waals surface area contributed by atoms with Crippen LogP contribution in [0.5, 0.6) is 5.75 Å². The molecule has 104 valence electrons. The van der Waals surface area contributed by atoms with Gasteiger partial charge < -0.3 is 9.47 Å². The van der Waals surface area contributed by atoms with Gasteiger partial charge in [0.1, 0.15) is 12.4 Å². The van der Waals surface area contributed by atoms with Gasteiger partial charge in [-0.1, -0.05) is 12.1 Å². The molecular weight excluding hydrogens is 256 g/mol. The minimum Gasteiger partial charge on any atom is -0.490 e. The molecule has 1 aromatic heterocycles. The number of hydrogen-bond acceptors (Lipinski definition) is 5. The van der Waals surface area contributed by atoms with Gasteiger partial charge in [-0.25, -0.2) is 9.97 Å². The van der Waals surface area contributed by atoms with Gasteiger partial charge in [0, 0.05) is 19.5 Å². The Labute approximate surface area is 117 Å². The first kappa shape index (κ1) is 14.1. The number of rotatable bonds is 6. The number of para-hydroxylation sites is 1. The molecule has 2 aromatic rings. The van der Waals surface area contributed by atoms with E-state index in [9.17, 15) is 4.79 Å². The average molecular weight is 272 g/mol. The molecule has 1 aromatic carbocycles. The Bertz CT molecular complexity index is 582. The molecule has 5 nitrogen and oxygen atoms in total. The topological polar surface area (TPSA) is 61.3 Å². The number of aryl methyl sites for hydroxylation is 1. The van der Waals surface area contributed by atoms with Gasteiger partial charge in [-0.3, -0.25) is 4.79 Å². The van der Waals surface area contributed by atoms with E-state index in [1.165, 1.54) is 0 Å². The van der Waals surface area contributed by atoms with Gasteiger partial charge in [0.2, 0.25) is 11.6 Å². The second-order valence-corrected chi connectivity index (χ2v) is 4.25. The maximum absolute atomic E-state index is 12.4. The normalized spacial score (nSPS) is 10.3. The predicted octanol–water partition coefficient (Wildman–Crippen LogP) is 2.04. The molecule has 0 spiro atoms. The van der Waals surface area contributed by atoms with Crippen molar-refractivity contribution in [2.75, 3.05) is 20.3 Å². The van der Waals surface area contributed by atoms with Crippen LogP contribution >= 0.6 is 0 Å². The molecule has 0 unspecified atom stereocenters. The highest BCUT2D eigenvalue weighted by Crippen LogP contribution is 2.20. The molecule has 0 atom stereocenters. The summed E-state index contributed by atoms with van der Waals surface area (Å²) in [7, 11) is 1.60. The molecule has 0 aliphatic heterocycles. The Morgan fingerprint density at radius 2 is 1.85 bits per heavy atom. The summed E-state index contributed by atoms with van der Waals surface area (Å²) < 4.78 is 10.5. The number of nitrogens with zero attached hydrogens (tertiary/aromatic N) is 2.